The summed E-state index contributed by atoms with van der Waals surface area (Å²) in [7, 11) is 0. The largest absolute Gasteiger partial charge is 0.493 e. The zero-order valence-electron chi connectivity index (χ0n) is 17.5. The average molecular weight is 412 g/mol. The van der Waals surface area contributed by atoms with Crippen LogP contribution in [0.25, 0.3) is 16.5 Å². The third-order valence-electron chi connectivity index (χ3n) is 5.08. The van der Waals surface area contributed by atoms with Crippen LogP contribution in [-0.4, -0.2) is 23.3 Å². The van der Waals surface area contributed by atoms with Gasteiger partial charge in [-0.1, -0.05) is 55.8 Å². The van der Waals surface area contributed by atoms with E-state index in [-0.39, 0.29) is 5.91 Å². The summed E-state index contributed by atoms with van der Waals surface area (Å²) >= 11 is 0. The quantitative estimate of drug-likeness (QED) is 0.234. The van der Waals surface area contributed by atoms with Gasteiger partial charge in [0.2, 0.25) is 0 Å². The van der Waals surface area contributed by atoms with Gasteiger partial charge in [0.15, 0.2) is 0 Å². The Hall–Kier alpha value is -3.86. The van der Waals surface area contributed by atoms with Crippen molar-refractivity contribution in [1.82, 2.24) is 9.99 Å². The maximum absolute atomic E-state index is 12.8. The minimum Gasteiger partial charge on any atom is -0.493 e. The molecule has 0 bridgehead atoms. The summed E-state index contributed by atoms with van der Waals surface area (Å²) in [5, 5.41) is 6.39. The van der Waals surface area contributed by atoms with Gasteiger partial charge in [0.1, 0.15) is 5.75 Å². The molecular formula is C26H25N3O2. The molecule has 0 aliphatic heterocycles. The number of para-hydroxylation sites is 1. The molecule has 5 heteroatoms. The second-order valence-electron chi connectivity index (χ2n) is 7.21. The van der Waals surface area contributed by atoms with Crippen molar-refractivity contribution in [2.24, 2.45) is 5.10 Å². The van der Waals surface area contributed by atoms with Gasteiger partial charge < -0.3 is 9.30 Å². The van der Waals surface area contributed by atoms with Crippen LogP contribution < -0.4 is 10.2 Å². The molecule has 1 aromatic heterocycles. The smallest absolute Gasteiger partial charge is 0.273 e. The maximum Gasteiger partial charge on any atom is 0.273 e. The van der Waals surface area contributed by atoms with Crippen LogP contribution in [0.3, 0.4) is 0 Å². The van der Waals surface area contributed by atoms with Crippen LogP contribution in [0.1, 0.15) is 35.7 Å². The molecule has 0 unspecified atom stereocenters. The minimum atomic E-state index is -0.269. The molecule has 4 rings (SSSR count). The molecule has 5 nitrogen and oxygen atoms in total. The number of rotatable bonds is 8. The lowest BCUT2D eigenvalue weighted by Gasteiger charge is -2.12. The van der Waals surface area contributed by atoms with Crippen molar-refractivity contribution in [3.05, 3.63) is 96.3 Å². The maximum atomic E-state index is 12.8. The zero-order valence-corrected chi connectivity index (χ0v) is 17.5. The van der Waals surface area contributed by atoms with E-state index in [4.69, 9.17) is 4.74 Å². The van der Waals surface area contributed by atoms with E-state index in [9.17, 15) is 4.79 Å². The number of hydrogen-bond donors (Lipinski definition) is 1. The Bertz CT molecular complexity index is 1200. The molecule has 3 aromatic carbocycles. The number of carbonyl (C=O) groups is 1. The van der Waals surface area contributed by atoms with Crippen molar-refractivity contribution in [2.75, 3.05) is 6.61 Å². The lowest BCUT2D eigenvalue weighted by Crippen LogP contribution is -2.19. The summed E-state index contributed by atoms with van der Waals surface area (Å²) in [6, 6.07) is 23.4. The lowest BCUT2D eigenvalue weighted by molar-refractivity contribution is 0.0955. The average Bonchev–Trinajstić information content (AvgIpc) is 3.35. The Labute approximate surface area is 182 Å². The summed E-state index contributed by atoms with van der Waals surface area (Å²) in [5.74, 6) is 0.493. The van der Waals surface area contributed by atoms with Gasteiger partial charge in [-0.05, 0) is 47.5 Å². The fraction of sp³-hybridized carbons (Fsp3) is 0.154. The number of benzene rings is 3. The number of hydrogen-bond acceptors (Lipinski definition) is 3. The normalized spacial score (nSPS) is 11.1. The first kappa shape index (κ1) is 20.4. The lowest BCUT2D eigenvalue weighted by atomic mass is 10.0. The van der Waals surface area contributed by atoms with Gasteiger partial charge in [-0.25, -0.2) is 5.43 Å². The van der Waals surface area contributed by atoms with Gasteiger partial charge in [-0.3, -0.25) is 4.79 Å². The second kappa shape index (κ2) is 9.76. The first-order chi connectivity index (χ1) is 15.3. The summed E-state index contributed by atoms with van der Waals surface area (Å²) in [6.07, 6.45) is 7.53. The fourth-order valence-corrected chi connectivity index (χ4v) is 3.46. The van der Waals surface area contributed by atoms with Crippen LogP contribution in [0.5, 0.6) is 5.75 Å². The minimum absolute atomic E-state index is 0.269. The Morgan fingerprint density at radius 2 is 1.77 bits per heavy atom. The van der Waals surface area contributed by atoms with Gasteiger partial charge in [-0.15, -0.1) is 0 Å². The number of amides is 1. The van der Waals surface area contributed by atoms with Crippen molar-refractivity contribution in [2.45, 2.75) is 19.8 Å². The van der Waals surface area contributed by atoms with Crippen LogP contribution in [-0.2, 0) is 0 Å². The van der Waals surface area contributed by atoms with Gasteiger partial charge in [0.25, 0.3) is 5.91 Å². The molecule has 31 heavy (non-hydrogen) atoms. The molecule has 1 heterocycles. The van der Waals surface area contributed by atoms with E-state index < -0.39 is 0 Å². The van der Waals surface area contributed by atoms with Crippen molar-refractivity contribution < 1.29 is 9.53 Å². The van der Waals surface area contributed by atoms with Gasteiger partial charge in [0.05, 0.1) is 24.1 Å². The van der Waals surface area contributed by atoms with Crippen LogP contribution in [0.2, 0.25) is 0 Å². The number of ether oxygens (including phenoxy) is 1. The van der Waals surface area contributed by atoms with E-state index in [1.165, 1.54) is 0 Å². The molecule has 0 saturated carbocycles. The third-order valence-corrected chi connectivity index (χ3v) is 5.08. The number of aromatic nitrogens is 1. The van der Waals surface area contributed by atoms with Gasteiger partial charge in [0, 0.05) is 18.0 Å². The third kappa shape index (κ3) is 4.67. The van der Waals surface area contributed by atoms with E-state index in [2.05, 4.69) is 23.5 Å². The van der Waals surface area contributed by atoms with E-state index in [1.54, 1.807) is 12.3 Å². The van der Waals surface area contributed by atoms with Crippen LogP contribution in [0, 0.1) is 0 Å². The van der Waals surface area contributed by atoms with E-state index in [1.807, 2.05) is 77.6 Å². The number of fused-ring (bicyclic) bond motifs is 1. The first-order valence-electron chi connectivity index (χ1n) is 10.5. The van der Waals surface area contributed by atoms with Crippen LogP contribution in [0.15, 0.2) is 90.3 Å². The van der Waals surface area contributed by atoms with E-state index in [0.717, 1.165) is 40.6 Å². The van der Waals surface area contributed by atoms with Gasteiger partial charge >= 0.3 is 0 Å². The monoisotopic (exact) mass is 411 g/mol. The molecule has 0 spiro atoms. The molecule has 4 aromatic rings. The van der Waals surface area contributed by atoms with Crippen molar-refractivity contribution in [1.29, 1.82) is 0 Å². The van der Waals surface area contributed by atoms with Crippen molar-refractivity contribution >= 4 is 22.9 Å². The van der Waals surface area contributed by atoms with Crippen LogP contribution >= 0.6 is 0 Å². The highest BCUT2D eigenvalue weighted by Crippen LogP contribution is 2.27. The summed E-state index contributed by atoms with van der Waals surface area (Å²) in [6.45, 7) is 2.78. The molecule has 156 valence electrons. The molecule has 0 aliphatic carbocycles. The molecule has 1 amide bonds. The fourth-order valence-electron chi connectivity index (χ4n) is 3.46. The predicted octanol–water partition coefficient (Wildman–Crippen LogP) is 5.57. The van der Waals surface area contributed by atoms with Crippen LogP contribution in [0.4, 0.5) is 0 Å². The number of nitrogens with one attached hydrogen (secondary N) is 1. The Morgan fingerprint density at radius 3 is 2.61 bits per heavy atom. The molecule has 0 atom stereocenters. The molecule has 0 saturated heterocycles. The summed E-state index contributed by atoms with van der Waals surface area (Å²) in [5.41, 5.74) is 4.87. The van der Waals surface area contributed by atoms with Gasteiger partial charge in [-0.2, -0.15) is 5.10 Å². The molecule has 0 radical (unpaired) electrons. The Morgan fingerprint density at radius 1 is 1.00 bits per heavy atom. The predicted molar refractivity (Wildman–Crippen MR) is 125 cm³/mol. The van der Waals surface area contributed by atoms with Crippen molar-refractivity contribution in [3.63, 3.8) is 0 Å². The van der Waals surface area contributed by atoms with Crippen molar-refractivity contribution in [3.8, 4) is 11.4 Å². The number of nitrogens with zero attached hydrogens (tertiary/aromatic N) is 2. The molecule has 1 N–H and O–H groups in total. The highest BCUT2D eigenvalue weighted by molar-refractivity contribution is 6.03. The SMILES string of the molecule is CCCCOc1ccc2ccccc2c1/C=N\NC(=O)c1ccccc1-n1cccc1. The Kier molecular flexibility index (Phi) is 6.43. The van der Waals surface area contributed by atoms with E-state index in [0.29, 0.717) is 12.2 Å². The molecule has 0 fully saturated rings. The standard InChI is InChI=1S/C26H25N3O2/c1-2-3-18-31-25-15-14-20-10-4-5-11-21(20)23(25)19-27-28-26(30)22-12-6-7-13-24(22)29-16-8-9-17-29/h4-17,19H,2-3,18H2,1H3,(H,28,30)/b27-19-. The molecule has 0 aliphatic rings. The Balaban J connectivity index is 1.59. The highest BCUT2D eigenvalue weighted by atomic mass is 16.5. The number of unbranched alkanes of at least 4 members (excludes halogenated alkanes) is 1. The van der Waals surface area contributed by atoms with E-state index >= 15 is 0 Å². The molecular weight excluding hydrogens is 386 g/mol. The number of carbonyl (C=O) groups excluding carboxylic acids is 1. The summed E-state index contributed by atoms with van der Waals surface area (Å²) < 4.78 is 7.89. The summed E-state index contributed by atoms with van der Waals surface area (Å²) in [4.78, 5) is 12.8. The number of hydrazone groups is 1. The highest BCUT2D eigenvalue weighted by Gasteiger charge is 2.12. The second-order valence-corrected chi connectivity index (χ2v) is 7.21. The topological polar surface area (TPSA) is 55.6 Å². The first-order valence-corrected chi connectivity index (χ1v) is 10.5. The zero-order chi connectivity index (χ0) is 21.5.